The van der Waals surface area contributed by atoms with Crippen molar-refractivity contribution < 1.29 is 26.6 Å². The van der Waals surface area contributed by atoms with Crippen molar-refractivity contribution in [3.05, 3.63) is 0 Å². The van der Waals surface area contributed by atoms with E-state index in [9.17, 15) is 13.2 Å². The van der Waals surface area contributed by atoms with Crippen LogP contribution in [0, 0.1) is 0 Å². The molecule has 0 aliphatic heterocycles. The van der Waals surface area contributed by atoms with E-state index >= 15 is 0 Å². The summed E-state index contributed by atoms with van der Waals surface area (Å²) in [6.45, 7) is 10.7. The van der Waals surface area contributed by atoms with Crippen molar-refractivity contribution in [2.45, 2.75) is 51.4 Å². The molecule has 0 aromatic carbocycles. The van der Waals surface area contributed by atoms with Crippen molar-refractivity contribution in [3.8, 4) is 0 Å². The fourth-order valence-corrected chi connectivity index (χ4v) is 2.84. The molecular formula is C12H26O6SSi. The second kappa shape index (κ2) is 7.01. The lowest BCUT2D eigenvalue weighted by atomic mass is 10.2. The smallest absolute Gasteiger partial charge is 0.336 e. The lowest BCUT2D eigenvalue weighted by Crippen LogP contribution is -2.42. The average Bonchev–Trinajstić information content (AvgIpc) is 2.23. The molecule has 8 heteroatoms. The van der Waals surface area contributed by atoms with Gasteiger partial charge in [0.05, 0.1) is 13.4 Å². The van der Waals surface area contributed by atoms with Crippen LogP contribution in [0.4, 0.5) is 0 Å². The summed E-state index contributed by atoms with van der Waals surface area (Å²) < 4.78 is 37.4. The van der Waals surface area contributed by atoms with Gasteiger partial charge in [0.25, 0.3) is 10.1 Å². The van der Waals surface area contributed by atoms with Crippen molar-refractivity contribution in [1.29, 1.82) is 0 Å². The van der Waals surface area contributed by atoms with Crippen LogP contribution in [-0.4, -0.2) is 48.8 Å². The Balaban J connectivity index is 4.61. The van der Waals surface area contributed by atoms with Crippen molar-refractivity contribution >= 4 is 24.4 Å². The number of rotatable bonds is 7. The van der Waals surface area contributed by atoms with Gasteiger partial charge in [0, 0.05) is 13.0 Å². The molecule has 0 amide bonds. The third-order valence-electron chi connectivity index (χ3n) is 3.40. The fraction of sp³-hybridized carbons (Fsp3) is 0.917. The molecule has 6 nitrogen and oxygen atoms in total. The maximum Gasteiger partial charge on any atom is 0.336 e. The summed E-state index contributed by atoms with van der Waals surface area (Å²) in [7, 11) is -4.46. The number of esters is 1. The minimum Gasteiger partial charge on any atom is -0.467 e. The lowest BCUT2D eigenvalue weighted by Gasteiger charge is -2.36. The van der Waals surface area contributed by atoms with Gasteiger partial charge in [-0.15, -0.1) is 0 Å². The van der Waals surface area contributed by atoms with E-state index in [1.165, 1.54) is 7.11 Å². The Kier molecular flexibility index (Phi) is 6.86. The molecule has 1 atom stereocenters. The molecule has 0 bridgehead atoms. The van der Waals surface area contributed by atoms with Crippen LogP contribution in [0.25, 0.3) is 0 Å². The Labute approximate surface area is 123 Å². The Bertz CT molecular complexity index is 424. The van der Waals surface area contributed by atoms with Gasteiger partial charge in [-0.1, -0.05) is 20.8 Å². The van der Waals surface area contributed by atoms with Crippen molar-refractivity contribution in [2.75, 3.05) is 20.0 Å². The van der Waals surface area contributed by atoms with Gasteiger partial charge >= 0.3 is 5.97 Å². The van der Waals surface area contributed by atoms with Crippen LogP contribution in [0.1, 0.15) is 27.2 Å². The zero-order valence-electron chi connectivity index (χ0n) is 13.3. The minimum atomic E-state index is -3.72. The predicted molar refractivity (Wildman–Crippen MR) is 79.5 cm³/mol. The van der Waals surface area contributed by atoms with Gasteiger partial charge in [-0.3, -0.25) is 4.18 Å². The molecule has 0 saturated heterocycles. The number of carbonyl (C=O) groups excluding carboxylic acids is 1. The molecule has 0 N–H and O–H groups in total. The summed E-state index contributed by atoms with van der Waals surface area (Å²) in [6, 6.07) is 0. The van der Waals surface area contributed by atoms with E-state index in [0.29, 0.717) is 0 Å². The molecular weight excluding hydrogens is 300 g/mol. The second-order valence-corrected chi connectivity index (χ2v) is 12.6. The Morgan fingerprint density at radius 3 is 2.10 bits per heavy atom. The molecule has 0 radical (unpaired) electrons. The van der Waals surface area contributed by atoms with Crippen LogP contribution in [0.2, 0.25) is 18.1 Å². The molecule has 0 spiro atoms. The third-order valence-corrected chi connectivity index (χ3v) is 8.52. The van der Waals surface area contributed by atoms with Gasteiger partial charge in [0.1, 0.15) is 0 Å². The number of methoxy groups -OCH3 is 1. The molecule has 20 heavy (non-hydrogen) atoms. The molecule has 0 aromatic rings. The summed E-state index contributed by atoms with van der Waals surface area (Å²) in [4.78, 5) is 11.5. The molecule has 0 aliphatic carbocycles. The largest absolute Gasteiger partial charge is 0.467 e. The highest BCUT2D eigenvalue weighted by Crippen LogP contribution is 2.36. The molecule has 0 heterocycles. The molecule has 0 aromatic heterocycles. The van der Waals surface area contributed by atoms with E-state index in [1.807, 2.05) is 0 Å². The molecule has 120 valence electrons. The summed E-state index contributed by atoms with van der Waals surface area (Å²) in [5, 5.41) is 0.0471. The average molecular weight is 326 g/mol. The first-order valence-corrected chi connectivity index (χ1v) is 11.1. The SMILES string of the molecule is COC(=O)[C@H](CCO[Si](C)(C)C(C)(C)C)OS(C)(=O)=O. The molecule has 0 unspecified atom stereocenters. The maximum absolute atomic E-state index is 11.5. The monoisotopic (exact) mass is 326 g/mol. The van der Waals surface area contributed by atoms with Gasteiger partial charge in [-0.25, -0.2) is 4.79 Å². The van der Waals surface area contributed by atoms with Crippen molar-refractivity contribution in [1.82, 2.24) is 0 Å². The van der Waals surface area contributed by atoms with Crippen LogP contribution >= 0.6 is 0 Å². The standard InChI is InChI=1S/C12H26O6SSi/c1-12(2,3)20(6,7)17-9-8-10(11(13)16-4)18-19(5,14)15/h10H,8-9H2,1-7H3/t10-/m0/s1. The normalized spacial score (nSPS) is 14.9. The second-order valence-electron chi connectivity index (χ2n) is 6.21. The Morgan fingerprint density at radius 2 is 1.75 bits per heavy atom. The van der Waals surface area contributed by atoms with Gasteiger partial charge < -0.3 is 9.16 Å². The minimum absolute atomic E-state index is 0.0471. The summed E-state index contributed by atoms with van der Waals surface area (Å²) in [6.07, 6.45) is -0.107. The van der Waals surface area contributed by atoms with Crippen molar-refractivity contribution in [3.63, 3.8) is 0 Å². The van der Waals surface area contributed by atoms with E-state index in [1.54, 1.807) is 0 Å². The van der Waals surface area contributed by atoms with Gasteiger partial charge in [-0.2, -0.15) is 8.42 Å². The van der Waals surface area contributed by atoms with Crippen molar-refractivity contribution in [2.24, 2.45) is 0 Å². The summed E-state index contributed by atoms with van der Waals surface area (Å²) >= 11 is 0. The van der Waals surface area contributed by atoms with E-state index in [2.05, 4.69) is 38.6 Å². The first kappa shape index (κ1) is 19.6. The molecule has 0 saturated carbocycles. The van der Waals surface area contributed by atoms with Crippen LogP contribution in [-0.2, 0) is 28.3 Å². The van der Waals surface area contributed by atoms with Crippen LogP contribution in [0.15, 0.2) is 0 Å². The van der Waals surface area contributed by atoms with Gasteiger partial charge in [0.2, 0.25) is 0 Å². The number of carbonyl (C=O) groups is 1. The summed E-state index contributed by atoms with van der Waals surface area (Å²) in [5.74, 6) is -0.714. The zero-order chi connectivity index (χ0) is 16.2. The topological polar surface area (TPSA) is 78.9 Å². The quantitative estimate of drug-likeness (QED) is 0.404. The van der Waals surface area contributed by atoms with E-state index in [4.69, 9.17) is 8.61 Å². The van der Waals surface area contributed by atoms with E-state index < -0.39 is 30.5 Å². The van der Waals surface area contributed by atoms with Crippen LogP contribution in [0.3, 0.4) is 0 Å². The highest BCUT2D eigenvalue weighted by molar-refractivity contribution is 7.86. The number of hydrogen-bond acceptors (Lipinski definition) is 6. The lowest BCUT2D eigenvalue weighted by molar-refractivity contribution is -0.149. The maximum atomic E-state index is 11.5. The summed E-state index contributed by atoms with van der Waals surface area (Å²) in [5.41, 5.74) is 0. The number of ether oxygens (including phenoxy) is 1. The molecule has 0 aliphatic rings. The third kappa shape index (κ3) is 6.82. The predicted octanol–water partition coefficient (Wildman–Crippen LogP) is 1.92. The van der Waals surface area contributed by atoms with Crippen LogP contribution < -0.4 is 0 Å². The first-order chi connectivity index (χ1) is 8.80. The van der Waals surface area contributed by atoms with E-state index in [-0.39, 0.29) is 18.1 Å². The molecule has 0 rings (SSSR count). The van der Waals surface area contributed by atoms with E-state index in [0.717, 1.165) is 6.26 Å². The Hall–Kier alpha value is -0.443. The highest BCUT2D eigenvalue weighted by Gasteiger charge is 2.37. The molecule has 0 fully saturated rings. The zero-order valence-corrected chi connectivity index (χ0v) is 15.2. The first-order valence-electron chi connectivity index (χ1n) is 6.40. The Morgan fingerprint density at radius 1 is 1.25 bits per heavy atom. The van der Waals surface area contributed by atoms with Crippen LogP contribution in [0.5, 0.6) is 0 Å². The highest BCUT2D eigenvalue weighted by atomic mass is 32.2. The number of hydrogen-bond donors (Lipinski definition) is 0. The van der Waals surface area contributed by atoms with Gasteiger partial charge in [0.15, 0.2) is 14.4 Å². The van der Waals surface area contributed by atoms with Gasteiger partial charge in [-0.05, 0) is 18.1 Å². The fourth-order valence-electron chi connectivity index (χ4n) is 1.19.